The largest absolute Gasteiger partial charge is 0.396 e. The van der Waals surface area contributed by atoms with Crippen molar-refractivity contribution >= 4 is 5.82 Å². The summed E-state index contributed by atoms with van der Waals surface area (Å²) in [5.41, 5.74) is 3.28. The van der Waals surface area contributed by atoms with Crippen LogP contribution >= 0.6 is 0 Å². The molecule has 0 aliphatic carbocycles. The molecule has 2 N–H and O–H groups in total. The van der Waals surface area contributed by atoms with Crippen molar-refractivity contribution < 1.29 is 5.11 Å². The first-order valence-electron chi connectivity index (χ1n) is 7.28. The summed E-state index contributed by atoms with van der Waals surface area (Å²) in [6, 6.07) is 12.2. The Morgan fingerprint density at radius 3 is 2.59 bits per heavy atom. The van der Waals surface area contributed by atoms with E-state index in [2.05, 4.69) is 21.6 Å². The maximum absolute atomic E-state index is 9.55. The molecule has 2 rings (SSSR count). The average molecular weight is 296 g/mol. The number of aromatic nitrogens is 2. The Balaban J connectivity index is 2.05. The lowest BCUT2D eigenvalue weighted by atomic mass is 10.00. The zero-order valence-corrected chi connectivity index (χ0v) is 12.9. The Labute approximate surface area is 130 Å². The minimum absolute atomic E-state index is 0.0531. The third-order valence-corrected chi connectivity index (χ3v) is 3.75. The molecule has 0 radical (unpaired) electrons. The van der Waals surface area contributed by atoms with Gasteiger partial charge in [-0.1, -0.05) is 30.3 Å². The van der Waals surface area contributed by atoms with Crippen LogP contribution in [0.15, 0.2) is 30.3 Å². The minimum Gasteiger partial charge on any atom is -0.396 e. The highest BCUT2D eigenvalue weighted by Crippen LogP contribution is 2.18. The maximum Gasteiger partial charge on any atom is 0.166 e. The van der Waals surface area contributed by atoms with Crippen LogP contribution < -0.4 is 5.32 Å². The van der Waals surface area contributed by atoms with E-state index in [9.17, 15) is 10.4 Å². The first-order chi connectivity index (χ1) is 10.7. The van der Waals surface area contributed by atoms with Gasteiger partial charge < -0.3 is 10.4 Å². The zero-order valence-electron chi connectivity index (χ0n) is 12.9. The predicted molar refractivity (Wildman–Crippen MR) is 85.4 cm³/mol. The summed E-state index contributed by atoms with van der Waals surface area (Å²) in [6.45, 7) is 4.30. The summed E-state index contributed by atoms with van der Waals surface area (Å²) in [4.78, 5) is 0. The number of hydrogen-bond donors (Lipinski definition) is 2. The highest BCUT2D eigenvalue weighted by molar-refractivity contribution is 5.55. The fourth-order valence-corrected chi connectivity index (χ4v) is 2.26. The Hall–Kier alpha value is -2.45. The normalized spacial score (nSPS) is 11.7. The van der Waals surface area contributed by atoms with E-state index in [1.165, 1.54) is 5.56 Å². The molecular weight excluding hydrogens is 276 g/mol. The van der Waals surface area contributed by atoms with Crippen molar-refractivity contribution in [3.05, 3.63) is 52.7 Å². The van der Waals surface area contributed by atoms with Gasteiger partial charge in [-0.05, 0) is 31.4 Å². The maximum atomic E-state index is 9.55. The quantitative estimate of drug-likeness (QED) is 0.854. The van der Waals surface area contributed by atoms with E-state index in [1.807, 2.05) is 44.2 Å². The lowest BCUT2D eigenvalue weighted by Gasteiger charge is -2.16. The van der Waals surface area contributed by atoms with Crippen molar-refractivity contribution in [3.63, 3.8) is 0 Å². The second kappa shape index (κ2) is 7.53. The second-order valence-corrected chi connectivity index (χ2v) is 5.37. The zero-order chi connectivity index (χ0) is 15.9. The smallest absolute Gasteiger partial charge is 0.166 e. The van der Waals surface area contributed by atoms with Gasteiger partial charge in [-0.15, -0.1) is 5.10 Å². The van der Waals surface area contributed by atoms with E-state index in [0.29, 0.717) is 17.9 Å². The Morgan fingerprint density at radius 1 is 1.23 bits per heavy atom. The van der Waals surface area contributed by atoms with Gasteiger partial charge in [0, 0.05) is 19.1 Å². The van der Waals surface area contributed by atoms with Gasteiger partial charge in [0.25, 0.3) is 0 Å². The Bertz CT molecular complexity index is 664. The standard InChI is InChI=1S/C17H20N4O/c1-12-13(2)20-21-17(16(12)9-18)19-10-15(11-22)8-14-6-4-3-5-7-14/h3-7,15,22H,8,10-11H2,1-2H3,(H,19,21)/t15-/m0/s1. The molecule has 0 bridgehead atoms. The van der Waals surface area contributed by atoms with E-state index >= 15 is 0 Å². The summed E-state index contributed by atoms with van der Waals surface area (Å²) in [5.74, 6) is 0.537. The lowest BCUT2D eigenvalue weighted by molar-refractivity contribution is 0.232. The molecule has 5 nitrogen and oxygen atoms in total. The number of aliphatic hydroxyl groups is 1. The molecule has 0 aliphatic rings. The average Bonchev–Trinajstić information content (AvgIpc) is 2.55. The van der Waals surface area contributed by atoms with E-state index in [1.54, 1.807) is 0 Å². The van der Waals surface area contributed by atoms with E-state index in [0.717, 1.165) is 17.7 Å². The van der Waals surface area contributed by atoms with Gasteiger partial charge in [0.1, 0.15) is 11.6 Å². The molecule has 0 unspecified atom stereocenters. The van der Waals surface area contributed by atoms with Crippen LogP contribution in [0.25, 0.3) is 0 Å². The molecule has 1 atom stereocenters. The first-order valence-corrected chi connectivity index (χ1v) is 7.28. The number of rotatable bonds is 6. The minimum atomic E-state index is 0.0531. The molecule has 0 amide bonds. The fraction of sp³-hybridized carbons (Fsp3) is 0.353. The van der Waals surface area contributed by atoms with Crippen LogP contribution in [-0.4, -0.2) is 28.5 Å². The van der Waals surface area contributed by atoms with Crippen molar-refractivity contribution in [1.29, 1.82) is 5.26 Å². The van der Waals surface area contributed by atoms with Crippen molar-refractivity contribution in [2.24, 2.45) is 5.92 Å². The number of benzene rings is 1. The van der Waals surface area contributed by atoms with Crippen molar-refractivity contribution in [1.82, 2.24) is 10.2 Å². The SMILES string of the molecule is Cc1nnc(NC[C@@H](CO)Cc2ccccc2)c(C#N)c1C. The summed E-state index contributed by atoms with van der Waals surface area (Å²) in [7, 11) is 0. The van der Waals surface area contributed by atoms with Crippen LogP contribution in [0.2, 0.25) is 0 Å². The van der Waals surface area contributed by atoms with Gasteiger partial charge in [0.15, 0.2) is 5.82 Å². The second-order valence-electron chi connectivity index (χ2n) is 5.37. The molecule has 0 spiro atoms. The molecule has 114 valence electrons. The Morgan fingerprint density at radius 2 is 1.95 bits per heavy atom. The molecular formula is C17H20N4O. The molecule has 1 aromatic heterocycles. The van der Waals surface area contributed by atoms with Crippen LogP contribution in [0.5, 0.6) is 0 Å². The molecule has 1 heterocycles. The number of nitrogens with one attached hydrogen (secondary N) is 1. The van der Waals surface area contributed by atoms with Crippen molar-refractivity contribution in [2.45, 2.75) is 20.3 Å². The van der Waals surface area contributed by atoms with Gasteiger partial charge in [-0.3, -0.25) is 0 Å². The number of hydrogen-bond acceptors (Lipinski definition) is 5. The molecule has 5 heteroatoms. The van der Waals surface area contributed by atoms with Gasteiger partial charge in [0.2, 0.25) is 0 Å². The van der Waals surface area contributed by atoms with Crippen LogP contribution in [0.3, 0.4) is 0 Å². The van der Waals surface area contributed by atoms with Gasteiger partial charge >= 0.3 is 0 Å². The van der Waals surface area contributed by atoms with Gasteiger partial charge in [-0.25, -0.2) is 0 Å². The third kappa shape index (κ3) is 3.80. The summed E-state index contributed by atoms with van der Waals surface area (Å²) in [6.07, 6.45) is 0.768. The fourth-order valence-electron chi connectivity index (χ4n) is 2.26. The predicted octanol–water partition coefficient (Wildman–Crippen LogP) is 2.23. The summed E-state index contributed by atoms with van der Waals surface area (Å²) in [5, 5.41) is 30.1. The number of nitrogens with zero attached hydrogens (tertiary/aromatic N) is 3. The van der Waals surface area contributed by atoms with Crippen LogP contribution in [0, 0.1) is 31.1 Å². The van der Waals surface area contributed by atoms with E-state index in [4.69, 9.17) is 0 Å². The van der Waals surface area contributed by atoms with Crippen LogP contribution in [0.4, 0.5) is 5.82 Å². The molecule has 0 aliphatic heterocycles. The number of nitriles is 1. The van der Waals surface area contributed by atoms with Crippen LogP contribution in [0.1, 0.15) is 22.4 Å². The number of aliphatic hydroxyl groups excluding tert-OH is 1. The molecule has 0 saturated heterocycles. The van der Waals surface area contributed by atoms with Crippen LogP contribution in [-0.2, 0) is 6.42 Å². The molecule has 2 aromatic rings. The number of aryl methyl sites for hydroxylation is 1. The molecule has 0 saturated carbocycles. The molecule has 1 aromatic carbocycles. The van der Waals surface area contributed by atoms with E-state index < -0.39 is 0 Å². The summed E-state index contributed by atoms with van der Waals surface area (Å²) >= 11 is 0. The first kappa shape index (κ1) is 15.9. The molecule has 22 heavy (non-hydrogen) atoms. The van der Waals surface area contributed by atoms with Crippen molar-refractivity contribution in [3.8, 4) is 6.07 Å². The van der Waals surface area contributed by atoms with Gasteiger partial charge in [0.05, 0.1) is 5.69 Å². The van der Waals surface area contributed by atoms with E-state index in [-0.39, 0.29) is 12.5 Å². The van der Waals surface area contributed by atoms with Gasteiger partial charge in [-0.2, -0.15) is 10.4 Å². The monoisotopic (exact) mass is 296 g/mol. The number of anilines is 1. The highest BCUT2D eigenvalue weighted by atomic mass is 16.3. The van der Waals surface area contributed by atoms with Crippen molar-refractivity contribution in [2.75, 3.05) is 18.5 Å². The summed E-state index contributed by atoms with van der Waals surface area (Å²) < 4.78 is 0. The highest BCUT2D eigenvalue weighted by Gasteiger charge is 2.13. The Kier molecular flexibility index (Phi) is 5.45. The lowest BCUT2D eigenvalue weighted by Crippen LogP contribution is -2.21. The topological polar surface area (TPSA) is 81.8 Å². The third-order valence-electron chi connectivity index (χ3n) is 3.75. The molecule has 0 fully saturated rings.